The predicted molar refractivity (Wildman–Crippen MR) is 56.7 cm³/mol. The summed E-state index contributed by atoms with van der Waals surface area (Å²) in [6.07, 6.45) is 1.71. The highest BCUT2D eigenvalue weighted by atomic mass is 32.2. The highest BCUT2D eigenvalue weighted by Gasteiger charge is 2.11. The molecule has 0 saturated carbocycles. The van der Waals surface area contributed by atoms with Gasteiger partial charge in [0.15, 0.2) is 9.84 Å². The lowest BCUT2D eigenvalue weighted by Gasteiger charge is -2.06. The molecule has 0 aliphatic heterocycles. The third-order valence-electron chi connectivity index (χ3n) is 1.72. The van der Waals surface area contributed by atoms with Gasteiger partial charge in [-0.05, 0) is 32.4 Å². The summed E-state index contributed by atoms with van der Waals surface area (Å²) in [4.78, 5) is 0. The van der Waals surface area contributed by atoms with Crippen LogP contribution in [0.25, 0.3) is 0 Å². The van der Waals surface area contributed by atoms with E-state index in [-0.39, 0.29) is 5.92 Å². The molecular weight excluding hydrogens is 186 g/mol. The van der Waals surface area contributed by atoms with E-state index < -0.39 is 9.84 Å². The minimum absolute atomic E-state index is 0.245. The molecule has 4 heteroatoms. The van der Waals surface area contributed by atoms with E-state index in [1.165, 1.54) is 0 Å². The highest BCUT2D eigenvalue weighted by molar-refractivity contribution is 7.91. The zero-order valence-corrected chi connectivity index (χ0v) is 9.65. The fourth-order valence-corrected chi connectivity index (χ4v) is 3.04. The van der Waals surface area contributed by atoms with Gasteiger partial charge >= 0.3 is 0 Å². The molecule has 0 fully saturated rings. The van der Waals surface area contributed by atoms with Gasteiger partial charge in [0.1, 0.15) is 0 Å². The zero-order chi connectivity index (χ0) is 10.3. The van der Waals surface area contributed by atoms with Gasteiger partial charge in [0.05, 0.1) is 11.5 Å². The second kappa shape index (κ2) is 6.38. The Morgan fingerprint density at radius 2 is 1.85 bits per heavy atom. The van der Waals surface area contributed by atoms with Crippen LogP contribution in [-0.2, 0) is 9.84 Å². The lowest BCUT2D eigenvalue weighted by atomic mass is 10.3. The van der Waals surface area contributed by atoms with Crippen molar-refractivity contribution in [1.82, 2.24) is 5.32 Å². The van der Waals surface area contributed by atoms with Crippen LogP contribution >= 0.6 is 0 Å². The number of hydrogen-bond acceptors (Lipinski definition) is 3. The summed E-state index contributed by atoms with van der Waals surface area (Å²) in [6.45, 7) is 4.77. The number of rotatable bonds is 7. The molecule has 0 aromatic carbocycles. The van der Waals surface area contributed by atoms with Crippen LogP contribution in [0.2, 0.25) is 0 Å². The molecule has 0 unspecified atom stereocenters. The molecule has 0 aromatic heterocycles. The molecular formula is C9H21NO2S. The van der Waals surface area contributed by atoms with Crippen molar-refractivity contribution in [2.24, 2.45) is 5.92 Å². The maximum atomic E-state index is 11.4. The molecule has 0 aliphatic rings. The van der Waals surface area contributed by atoms with Gasteiger partial charge in [-0.15, -0.1) is 0 Å². The summed E-state index contributed by atoms with van der Waals surface area (Å²) in [5.74, 6) is 0.911. The Bertz CT molecular complexity index is 210. The summed E-state index contributed by atoms with van der Waals surface area (Å²) in [6, 6.07) is 0. The van der Waals surface area contributed by atoms with Crippen molar-refractivity contribution in [1.29, 1.82) is 0 Å². The quantitative estimate of drug-likeness (QED) is 0.635. The molecule has 0 saturated heterocycles. The van der Waals surface area contributed by atoms with Crippen LogP contribution in [0.4, 0.5) is 0 Å². The monoisotopic (exact) mass is 207 g/mol. The van der Waals surface area contributed by atoms with Crippen LogP contribution in [-0.4, -0.2) is 33.5 Å². The molecule has 0 aromatic rings. The van der Waals surface area contributed by atoms with E-state index in [9.17, 15) is 8.42 Å². The topological polar surface area (TPSA) is 46.2 Å². The van der Waals surface area contributed by atoms with Gasteiger partial charge in [-0.25, -0.2) is 8.42 Å². The molecule has 0 atom stereocenters. The zero-order valence-electron chi connectivity index (χ0n) is 8.84. The SMILES string of the molecule is CNCCCCS(=O)(=O)CC(C)C. The summed E-state index contributed by atoms with van der Waals surface area (Å²) in [5, 5.41) is 3.00. The van der Waals surface area contributed by atoms with E-state index >= 15 is 0 Å². The minimum Gasteiger partial charge on any atom is -0.320 e. The molecule has 0 heterocycles. The normalized spacial score (nSPS) is 12.3. The van der Waals surface area contributed by atoms with Gasteiger partial charge in [0.2, 0.25) is 0 Å². The summed E-state index contributed by atoms with van der Waals surface area (Å²) < 4.78 is 22.8. The van der Waals surface area contributed by atoms with Crippen LogP contribution in [0.3, 0.4) is 0 Å². The van der Waals surface area contributed by atoms with E-state index in [1.54, 1.807) is 0 Å². The molecule has 0 aliphatic carbocycles. The predicted octanol–water partition coefficient (Wildman–Crippen LogP) is 1.06. The lowest BCUT2D eigenvalue weighted by Crippen LogP contribution is -2.16. The number of sulfone groups is 1. The maximum absolute atomic E-state index is 11.4. The van der Waals surface area contributed by atoms with Crippen molar-refractivity contribution in [2.75, 3.05) is 25.1 Å². The van der Waals surface area contributed by atoms with Crippen LogP contribution in [0.1, 0.15) is 26.7 Å². The average Bonchev–Trinajstić information content (AvgIpc) is 1.95. The Balaban J connectivity index is 3.64. The summed E-state index contributed by atoms with van der Waals surface area (Å²) in [7, 11) is -0.911. The fourth-order valence-electron chi connectivity index (χ4n) is 1.21. The van der Waals surface area contributed by atoms with Gasteiger partial charge < -0.3 is 5.32 Å². The van der Waals surface area contributed by atoms with Crippen molar-refractivity contribution in [2.45, 2.75) is 26.7 Å². The first-order chi connectivity index (χ1) is 5.98. The molecule has 1 N–H and O–H groups in total. The number of nitrogens with one attached hydrogen (secondary N) is 1. The smallest absolute Gasteiger partial charge is 0.150 e. The van der Waals surface area contributed by atoms with Gasteiger partial charge in [-0.3, -0.25) is 0 Å². The first-order valence-electron chi connectivity index (χ1n) is 4.83. The highest BCUT2D eigenvalue weighted by Crippen LogP contribution is 2.03. The maximum Gasteiger partial charge on any atom is 0.150 e. The van der Waals surface area contributed by atoms with Crippen molar-refractivity contribution in [3.63, 3.8) is 0 Å². The molecule has 0 amide bonds. The Morgan fingerprint density at radius 3 is 2.31 bits per heavy atom. The standard InChI is InChI=1S/C9H21NO2S/c1-9(2)8-13(11,12)7-5-4-6-10-3/h9-10H,4-8H2,1-3H3. The Hall–Kier alpha value is -0.0900. The van der Waals surface area contributed by atoms with Gasteiger partial charge in [0, 0.05) is 0 Å². The summed E-state index contributed by atoms with van der Waals surface area (Å²) >= 11 is 0. The largest absolute Gasteiger partial charge is 0.320 e. The molecule has 13 heavy (non-hydrogen) atoms. The van der Waals surface area contributed by atoms with Crippen molar-refractivity contribution in [3.8, 4) is 0 Å². The molecule has 0 spiro atoms. The van der Waals surface area contributed by atoms with Crippen LogP contribution in [0, 0.1) is 5.92 Å². The summed E-state index contributed by atoms with van der Waals surface area (Å²) in [5.41, 5.74) is 0. The molecule has 0 rings (SSSR count). The minimum atomic E-state index is -2.79. The van der Waals surface area contributed by atoms with Crippen molar-refractivity contribution in [3.05, 3.63) is 0 Å². The second-order valence-corrected chi connectivity index (χ2v) is 6.05. The van der Waals surface area contributed by atoms with Crippen molar-refractivity contribution < 1.29 is 8.42 Å². The fraction of sp³-hybridized carbons (Fsp3) is 1.00. The van der Waals surface area contributed by atoms with Gasteiger partial charge in [0.25, 0.3) is 0 Å². The van der Waals surface area contributed by atoms with Gasteiger partial charge in [-0.2, -0.15) is 0 Å². The number of hydrogen-bond donors (Lipinski definition) is 1. The van der Waals surface area contributed by atoms with E-state index in [2.05, 4.69) is 5.32 Å². The molecule has 0 radical (unpaired) electrons. The Morgan fingerprint density at radius 1 is 1.23 bits per heavy atom. The van der Waals surface area contributed by atoms with E-state index in [0.717, 1.165) is 19.4 Å². The Kier molecular flexibility index (Phi) is 6.33. The molecule has 80 valence electrons. The number of unbranched alkanes of at least 4 members (excludes halogenated alkanes) is 1. The van der Waals surface area contributed by atoms with E-state index in [0.29, 0.717) is 11.5 Å². The van der Waals surface area contributed by atoms with Crippen LogP contribution in [0.15, 0.2) is 0 Å². The van der Waals surface area contributed by atoms with E-state index in [1.807, 2.05) is 20.9 Å². The van der Waals surface area contributed by atoms with Crippen LogP contribution < -0.4 is 5.32 Å². The second-order valence-electron chi connectivity index (χ2n) is 3.82. The van der Waals surface area contributed by atoms with Crippen LogP contribution in [0.5, 0.6) is 0 Å². The third-order valence-corrected chi connectivity index (χ3v) is 3.80. The van der Waals surface area contributed by atoms with E-state index in [4.69, 9.17) is 0 Å². The molecule has 0 bridgehead atoms. The first kappa shape index (κ1) is 12.9. The Labute approximate surface area is 81.8 Å². The average molecular weight is 207 g/mol. The first-order valence-corrected chi connectivity index (χ1v) is 6.65. The van der Waals surface area contributed by atoms with Crippen molar-refractivity contribution >= 4 is 9.84 Å². The lowest BCUT2D eigenvalue weighted by molar-refractivity contribution is 0.577. The third kappa shape index (κ3) is 8.25. The van der Waals surface area contributed by atoms with Gasteiger partial charge in [-0.1, -0.05) is 13.8 Å². The molecule has 3 nitrogen and oxygen atoms in total.